The van der Waals surface area contributed by atoms with Crippen LogP contribution in [0.4, 0.5) is 5.69 Å². The Bertz CT molecular complexity index is 862. The van der Waals surface area contributed by atoms with Crippen molar-refractivity contribution < 1.29 is 9.53 Å². The summed E-state index contributed by atoms with van der Waals surface area (Å²) >= 11 is 0. The number of ether oxygens (including phenoxy) is 1. The Morgan fingerprint density at radius 2 is 1.80 bits per heavy atom. The van der Waals surface area contributed by atoms with Crippen LogP contribution in [0.2, 0.25) is 0 Å². The van der Waals surface area contributed by atoms with Gasteiger partial charge in [0.1, 0.15) is 5.75 Å². The zero-order valence-corrected chi connectivity index (χ0v) is 14.2. The highest BCUT2D eigenvalue weighted by Gasteiger charge is 2.13. The number of hydrogen-bond donors (Lipinski definition) is 1. The van der Waals surface area contributed by atoms with Gasteiger partial charge in [0.15, 0.2) is 5.82 Å². The van der Waals surface area contributed by atoms with Crippen LogP contribution in [-0.2, 0) is 0 Å². The molecule has 25 heavy (non-hydrogen) atoms. The zero-order chi connectivity index (χ0) is 17.6. The lowest BCUT2D eigenvalue weighted by Gasteiger charge is -2.09. The standard InChI is InChI=1S/C20H19N3O2/c1-3-25-17-11-9-16(10-12-17)23-20(24)18-13-21-19(22-14(18)2)15-7-5-4-6-8-15/h4-13H,3H2,1-2H3,(H,23,24). The van der Waals surface area contributed by atoms with E-state index in [0.717, 1.165) is 11.3 Å². The van der Waals surface area contributed by atoms with Gasteiger partial charge >= 0.3 is 0 Å². The van der Waals surface area contributed by atoms with Crippen LogP contribution in [0, 0.1) is 6.92 Å². The van der Waals surface area contributed by atoms with Crippen LogP contribution in [0.1, 0.15) is 23.0 Å². The van der Waals surface area contributed by atoms with E-state index in [2.05, 4.69) is 15.3 Å². The fourth-order valence-electron chi connectivity index (χ4n) is 2.42. The summed E-state index contributed by atoms with van der Waals surface area (Å²) in [5.41, 5.74) is 2.70. The highest BCUT2D eigenvalue weighted by atomic mass is 16.5. The fourth-order valence-corrected chi connectivity index (χ4v) is 2.42. The molecule has 1 aromatic heterocycles. The predicted octanol–water partition coefficient (Wildman–Crippen LogP) is 4.10. The largest absolute Gasteiger partial charge is 0.494 e. The Hall–Kier alpha value is -3.21. The molecule has 0 spiro atoms. The third-order valence-corrected chi connectivity index (χ3v) is 3.68. The van der Waals surface area contributed by atoms with Gasteiger partial charge in [-0.05, 0) is 38.1 Å². The maximum atomic E-state index is 12.5. The molecule has 0 radical (unpaired) electrons. The first kappa shape index (κ1) is 16.6. The molecule has 0 aliphatic rings. The molecule has 0 saturated heterocycles. The number of benzene rings is 2. The topological polar surface area (TPSA) is 64.1 Å². The SMILES string of the molecule is CCOc1ccc(NC(=O)c2cnc(-c3ccccc3)nc2C)cc1. The molecular weight excluding hydrogens is 314 g/mol. The minimum absolute atomic E-state index is 0.235. The van der Waals surface area contributed by atoms with Gasteiger partial charge in [-0.25, -0.2) is 9.97 Å². The second-order valence-electron chi connectivity index (χ2n) is 5.47. The lowest BCUT2D eigenvalue weighted by atomic mass is 10.2. The Morgan fingerprint density at radius 3 is 2.44 bits per heavy atom. The minimum Gasteiger partial charge on any atom is -0.494 e. The van der Waals surface area contributed by atoms with E-state index in [-0.39, 0.29) is 5.91 Å². The van der Waals surface area contributed by atoms with E-state index in [4.69, 9.17) is 4.74 Å². The molecular formula is C20H19N3O2. The number of nitrogens with one attached hydrogen (secondary N) is 1. The van der Waals surface area contributed by atoms with Crippen LogP contribution in [0.3, 0.4) is 0 Å². The first-order valence-corrected chi connectivity index (χ1v) is 8.10. The highest BCUT2D eigenvalue weighted by molar-refractivity contribution is 6.04. The summed E-state index contributed by atoms with van der Waals surface area (Å²) in [6, 6.07) is 16.9. The van der Waals surface area contributed by atoms with Crippen molar-refractivity contribution in [3.63, 3.8) is 0 Å². The molecule has 5 nitrogen and oxygen atoms in total. The number of aryl methyl sites for hydroxylation is 1. The average Bonchev–Trinajstić information content (AvgIpc) is 2.64. The van der Waals surface area contributed by atoms with Crippen molar-refractivity contribution in [2.24, 2.45) is 0 Å². The van der Waals surface area contributed by atoms with Crippen molar-refractivity contribution in [2.45, 2.75) is 13.8 Å². The monoisotopic (exact) mass is 333 g/mol. The summed E-state index contributed by atoms with van der Waals surface area (Å²) in [7, 11) is 0. The number of anilines is 1. The first-order valence-electron chi connectivity index (χ1n) is 8.10. The number of hydrogen-bond acceptors (Lipinski definition) is 4. The summed E-state index contributed by atoms with van der Waals surface area (Å²) in [4.78, 5) is 21.2. The second kappa shape index (κ2) is 7.57. The number of amides is 1. The van der Waals surface area contributed by atoms with Crippen LogP contribution < -0.4 is 10.1 Å². The Balaban J connectivity index is 1.76. The van der Waals surface area contributed by atoms with Crippen LogP contribution in [0.25, 0.3) is 11.4 Å². The zero-order valence-electron chi connectivity index (χ0n) is 14.2. The lowest BCUT2D eigenvalue weighted by molar-refractivity contribution is 0.102. The van der Waals surface area contributed by atoms with E-state index in [9.17, 15) is 4.79 Å². The van der Waals surface area contributed by atoms with Crippen molar-refractivity contribution in [1.82, 2.24) is 9.97 Å². The van der Waals surface area contributed by atoms with E-state index in [0.29, 0.717) is 29.4 Å². The third-order valence-electron chi connectivity index (χ3n) is 3.68. The van der Waals surface area contributed by atoms with E-state index < -0.39 is 0 Å². The van der Waals surface area contributed by atoms with Gasteiger partial charge in [0, 0.05) is 17.4 Å². The first-order chi connectivity index (χ1) is 12.2. The molecule has 2 aromatic carbocycles. The summed E-state index contributed by atoms with van der Waals surface area (Å²) in [6.07, 6.45) is 1.56. The summed E-state index contributed by atoms with van der Waals surface area (Å²) < 4.78 is 5.39. The second-order valence-corrected chi connectivity index (χ2v) is 5.47. The van der Waals surface area contributed by atoms with Gasteiger partial charge in [0.25, 0.3) is 5.91 Å². The molecule has 3 rings (SSSR count). The molecule has 0 bridgehead atoms. The maximum Gasteiger partial charge on any atom is 0.259 e. The van der Waals surface area contributed by atoms with E-state index in [1.165, 1.54) is 0 Å². The molecule has 0 fully saturated rings. The quantitative estimate of drug-likeness (QED) is 0.763. The van der Waals surface area contributed by atoms with Gasteiger partial charge in [0.2, 0.25) is 0 Å². The van der Waals surface area contributed by atoms with Gasteiger partial charge in [0.05, 0.1) is 17.9 Å². The van der Waals surface area contributed by atoms with E-state index >= 15 is 0 Å². The third kappa shape index (κ3) is 4.01. The molecule has 1 N–H and O–H groups in total. The van der Waals surface area contributed by atoms with E-state index in [1.54, 1.807) is 25.3 Å². The fraction of sp³-hybridized carbons (Fsp3) is 0.150. The normalized spacial score (nSPS) is 10.3. The molecule has 0 unspecified atom stereocenters. The van der Waals surface area contributed by atoms with Crippen molar-refractivity contribution in [1.29, 1.82) is 0 Å². The van der Waals surface area contributed by atoms with Gasteiger partial charge in [-0.2, -0.15) is 0 Å². The molecule has 5 heteroatoms. The van der Waals surface area contributed by atoms with Gasteiger partial charge in [-0.3, -0.25) is 4.79 Å². The highest BCUT2D eigenvalue weighted by Crippen LogP contribution is 2.18. The number of carbonyl (C=O) groups is 1. The van der Waals surface area contributed by atoms with E-state index in [1.807, 2.05) is 49.4 Å². The van der Waals surface area contributed by atoms with Crippen LogP contribution >= 0.6 is 0 Å². The minimum atomic E-state index is -0.235. The maximum absolute atomic E-state index is 12.5. The molecule has 1 heterocycles. The van der Waals surface area contributed by atoms with Crippen molar-refractivity contribution in [3.8, 4) is 17.1 Å². The molecule has 0 saturated carbocycles. The van der Waals surface area contributed by atoms with Crippen molar-refractivity contribution in [2.75, 3.05) is 11.9 Å². The van der Waals surface area contributed by atoms with Crippen LogP contribution in [0.15, 0.2) is 60.8 Å². The Labute approximate surface area is 146 Å². The predicted molar refractivity (Wildman–Crippen MR) is 97.8 cm³/mol. The van der Waals surface area contributed by atoms with Crippen molar-refractivity contribution >= 4 is 11.6 Å². The lowest BCUT2D eigenvalue weighted by Crippen LogP contribution is -2.15. The average molecular weight is 333 g/mol. The summed E-state index contributed by atoms with van der Waals surface area (Å²) in [6.45, 7) is 4.34. The van der Waals surface area contributed by atoms with Crippen molar-refractivity contribution in [3.05, 3.63) is 72.1 Å². The molecule has 1 amide bonds. The Kier molecular flexibility index (Phi) is 5.04. The number of carbonyl (C=O) groups excluding carboxylic acids is 1. The summed E-state index contributed by atoms with van der Waals surface area (Å²) in [5.74, 6) is 1.14. The van der Waals surface area contributed by atoms with Gasteiger partial charge < -0.3 is 10.1 Å². The molecule has 0 aliphatic heterocycles. The Morgan fingerprint density at radius 1 is 1.08 bits per heavy atom. The number of rotatable bonds is 5. The molecule has 3 aromatic rings. The molecule has 0 aliphatic carbocycles. The molecule has 0 atom stereocenters. The van der Waals surface area contributed by atoms with Crippen LogP contribution in [-0.4, -0.2) is 22.5 Å². The summed E-state index contributed by atoms with van der Waals surface area (Å²) in [5, 5.41) is 2.85. The van der Waals surface area contributed by atoms with Crippen LogP contribution in [0.5, 0.6) is 5.75 Å². The number of nitrogens with zero attached hydrogens (tertiary/aromatic N) is 2. The number of aromatic nitrogens is 2. The van der Waals surface area contributed by atoms with Gasteiger partial charge in [-0.1, -0.05) is 30.3 Å². The van der Waals surface area contributed by atoms with Gasteiger partial charge in [-0.15, -0.1) is 0 Å². The molecule has 126 valence electrons. The smallest absolute Gasteiger partial charge is 0.259 e.